The monoisotopic (exact) mass is 411 g/mol. The lowest BCUT2D eigenvalue weighted by molar-refractivity contribution is -0.384. The molecule has 1 heterocycles. The summed E-state index contributed by atoms with van der Waals surface area (Å²) in [4.78, 5) is 28.6. The molecule has 0 fully saturated rings. The molecule has 3 aromatic rings. The summed E-state index contributed by atoms with van der Waals surface area (Å²) in [7, 11) is 0. The van der Waals surface area contributed by atoms with Crippen LogP contribution in [0.1, 0.15) is 35.5 Å². The van der Waals surface area contributed by atoms with Crippen LogP contribution >= 0.6 is 11.3 Å². The Morgan fingerprint density at radius 1 is 1.21 bits per heavy atom. The van der Waals surface area contributed by atoms with Gasteiger partial charge in [-0.25, -0.2) is 4.98 Å². The van der Waals surface area contributed by atoms with Crippen molar-refractivity contribution in [3.63, 3.8) is 0 Å². The first-order chi connectivity index (χ1) is 14.0. The summed E-state index contributed by atoms with van der Waals surface area (Å²) in [6, 6.07) is 13.3. The fourth-order valence-corrected chi connectivity index (χ4v) is 3.91. The zero-order chi connectivity index (χ0) is 20.8. The molecule has 1 N–H and O–H groups in total. The molecule has 150 valence electrons. The standard InChI is InChI=1S/C21H21N3O4S/c1-3-6-18-19(14-9-11-17(12-10-14)28-4-2)22-21(29-18)23-20(25)15-7-5-8-16(13-15)24(26)27/h5,7-13H,3-4,6H2,1-2H3,(H,22,23,25). The lowest BCUT2D eigenvalue weighted by Gasteiger charge is -2.05. The van der Waals surface area contributed by atoms with Crippen molar-refractivity contribution < 1.29 is 14.5 Å². The van der Waals surface area contributed by atoms with E-state index in [4.69, 9.17) is 4.74 Å². The average molecular weight is 411 g/mol. The van der Waals surface area contributed by atoms with Gasteiger partial charge in [-0.05, 0) is 43.7 Å². The number of amides is 1. The van der Waals surface area contributed by atoms with Crippen molar-refractivity contribution in [2.75, 3.05) is 11.9 Å². The average Bonchev–Trinajstić information content (AvgIpc) is 3.11. The molecule has 1 amide bonds. The van der Waals surface area contributed by atoms with Gasteiger partial charge in [-0.2, -0.15) is 0 Å². The first-order valence-electron chi connectivity index (χ1n) is 9.30. The van der Waals surface area contributed by atoms with Gasteiger partial charge < -0.3 is 4.74 Å². The van der Waals surface area contributed by atoms with Crippen LogP contribution in [0.2, 0.25) is 0 Å². The third-order valence-corrected chi connectivity index (χ3v) is 5.18. The lowest BCUT2D eigenvalue weighted by Crippen LogP contribution is -2.11. The van der Waals surface area contributed by atoms with Crippen molar-refractivity contribution in [1.29, 1.82) is 0 Å². The number of nitro groups is 1. The highest BCUT2D eigenvalue weighted by Crippen LogP contribution is 2.33. The van der Waals surface area contributed by atoms with Crippen LogP contribution in [-0.2, 0) is 6.42 Å². The maximum atomic E-state index is 12.5. The first-order valence-corrected chi connectivity index (χ1v) is 10.1. The van der Waals surface area contributed by atoms with E-state index in [1.54, 1.807) is 0 Å². The molecule has 0 aliphatic carbocycles. The summed E-state index contributed by atoms with van der Waals surface area (Å²) < 4.78 is 5.48. The molecular formula is C21H21N3O4S. The van der Waals surface area contributed by atoms with Gasteiger partial charge in [0.1, 0.15) is 5.75 Å². The van der Waals surface area contributed by atoms with E-state index in [9.17, 15) is 14.9 Å². The Morgan fingerprint density at radius 2 is 1.97 bits per heavy atom. The minimum Gasteiger partial charge on any atom is -0.494 e. The van der Waals surface area contributed by atoms with Gasteiger partial charge in [-0.3, -0.25) is 20.2 Å². The SMILES string of the molecule is CCCc1sc(NC(=O)c2cccc([N+](=O)[O-])c2)nc1-c1ccc(OCC)cc1. The molecule has 0 aliphatic rings. The van der Waals surface area contributed by atoms with Gasteiger partial charge in [0.15, 0.2) is 5.13 Å². The quantitative estimate of drug-likeness (QED) is 0.400. The highest BCUT2D eigenvalue weighted by atomic mass is 32.1. The van der Waals surface area contributed by atoms with Crippen LogP contribution in [0.5, 0.6) is 5.75 Å². The van der Waals surface area contributed by atoms with E-state index in [0.29, 0.717) is 11.7 Å². The molecule has 2 aromatic carbocycles. The Balaban J connectivity index is 1.85. The second kappa shape index (κ2) is 9.29. The largest absolute Gasteiger partial charge is 0.494 e. The third-order valence-electron chi connectivity index (χ3n) is 4.15. The number of carbonyl (C=O) groups excluding carboxylic acids is 1. The van der Waals surface area contributed by atoms with Crippen molar-refractivity contribution in [1.82, 2.24) is 4.98 Å². The van der Waals surface area contributed by atoms with E-state index < -0.39 is 10.8 Å². The minimum absolute atomic E-state index is 0.126. The number of nitro benzene ring substituents is 1. The van der Waals surface area contributed by atoms with Gasteiger partial charge in [0.25, 0.3) is 11.6 Å². The number of anilines is 1. The van der Waals surface area contributed by atoms with Gasteiger partial charge in [0, 0.05) is 28.1 Å². The summed E-state index contributed by atoms with van der Waals surface area (Å²) in [5.74, 6) is 0.367. The Kier molecular flexibility index (Phi) is 6.56. The van der Waals surface area contributed by atoms with E-state index in [1.165, 1.54) is 35.6 Å². The predicted molar refractivity (Wildman–Crippen MR) is 114 cm³/mol. The maximum absolute atomic E-state index is 12.5. The third kappa shape index (κ3) is 4.97. The van der Waals surface area contributed by atoms with E-state index in [0.717, 1.165) is 34.7 Å². The molecule has 8 heteroatoms. The van der Waals surface area contributed by atoms with Gasteiger partial charge >= 0.3 is 0 Å². The second-order valence-electron chi connectivity index (χ2n) is 6.26. The van der Waals surface area contributed by atoms with Crippen molar-refractivity contribution in [2.45, 2.75) is 26.7 Å². The van der Waals surface area contributed by atoms with Crippen LogP contribution in [0.25, 0.3) is 11.3 Å². The zero-order valence-corrected chi connectivity index (χ0v) is 17.0. The van der Waals surface area contributed by atoms with Crippen LogP contribution in [0.15, 0.2) is 48.5 Å². The topological polar surface area (TPSA) is 94.4 Å². The maximum Gasteiger partial charge on any atom is 0.270 e. The molecule has 0 saturated heterocycles. The minimum atomic E-state index is -0.524. The van der Waals surface area contributed by atoms with E-state index in [2.05, 4.69) is 17.2 Å². The number of nitrogens with zero attached hydrogens (tertiary/aromatic N) is 2. The number of rotatable bonds is 8. The van der Waals surface area contributed by atoms with Crippen LogP contribution in [0.3, 0.4) is 0 Å². The Labute approximate surface area is 172 Å². The zero-order valence-electron chi connectivity index (χ0n) is 16.2. The molecule has 0 saturated carbocycles. The first kappa shape index (κ1) is 20.5. The van der Waals surface area contributed by atoms with Gasteiger partial charge in [-0.15, -0.1) is 11.3 Å². The van der Waals surface area contributed by atoms with Crippen molar-refractivity contribution in [2.24, 2.45) is 0 Å². The Bertz CT molecular complexity index is 1020. The molecule has 29 heavy (non-hydrogen) atoms. The number of nitrogens with one attached hydrogen (secondary N) is 1. The van der Waals surface area contributed by atoms with Crippen LogP contribution in [0.4, 0.5) is 10.8 Å². The van der Waals surface area contributed by atoms with Crippen LogP contribution < -0.4 is 10.1 Å². The number of ether oxygens (including phenoxy) is 1. The second-order valence-corrected chi connectivity index (χ2v) is 7.34. The summed E-state index contributed by atoms with van der Waals surface area (Å²) >= 11 is 1.42. The number of non-ortho nitro benzene ring substituents is 1. The predicted octanol–water partition coefficient (Wildman–Crippen LogP) is 5.32. The fourth-order valence-electron chi connectivity index (χ4n) is 2.83. The van der Waals surface area contributed by atoms with Gasteiger partial charge in [-0.1, -0.05) is 19.4 Å². The molecule has 0 aliphatic heterocycles. The highest BCUT2D eigenvalue weighted by Gasteiger charge is 2.17. The molecule has 3 rings (SSSR count). The summed E-state index contributed by atoms with van der Waals surface area (Å²) in [5, 5.41) is 14.2. The molecule has 1 aromatic heterocycles. The Hall–Kier alpha value is -3.26. The fraction of sp³-hybridized carbons (Fsp3) is 0.238. The van der Waals surface area contributed by atoms with E-state index >= 15 is 0 Å². The summed E-state index contributed by atoms with van der Waals surface area (Å²) in [6.07, 6.45) is 1.79. The molecule has 0 unspecified atom stereocenters. The van der Waals surface area contributed by atoms with Crippen LogP contribution in [0, 0.1) is 10.1 Å². The molecule has 7 nitrogen and oxygen atoms in total. The smallest absolute Gasteiger partial charge is 0.270 e. The number of benzene rings is 2. The molecule has 0 atom stereocenters. The van der Waals surface area contributed by atoms with Crippen molar-refractivity contribution in [3.05, 3.63) is 69.1 Å². The molecule has 0 radical (unpaired) electrons. The molecular weight excluding hydrogens is 390 g/mol. The number of aryl methyl sites for hydroxylation is 1. The Morgan fingerprint density at radius 3 is 2.62 bits per heavy atom. The number of thiazole rings is 1. The number of carbonyl (C=O) groups is 1. The van der Waals surface area contributed by atoms with Crippen molar-refractivity contribution >= 4 is 28.1 Å². The van der Waals surface area contributed by atoms with Gasteiger partial charge in [0.2, 0.25) is 0 Å². The van der Waals surface area contributed by atoms with Gasteiger partial charge in [0.05, 0.1) is 17.2 Å². The van der Waals surface area contributed by atoms with E-state index in [-0.39, 0.29) is 11.3 Å². The van der Waals surface area contributed by atoms with Crippen LogP contribution in [-0.4, -0.2) is 22.4 Å². The normalized spacial score (nSPS) is 10.6. The number of aromatic nitrogens is 1. The highest BCUT2D eigenvalue weighted by molar-refractivity contribution is 7.16. The van der Waals surface area contributed by atoms with E-state index in [1.807, 2.05) is 31.2 Å². The van der Waals surface area contributed by atoms with Crippen molar-refractivity contribution in [3.8, 4) is 17.0 Å². The molecule has 0 bridgehead atoms. The summed E-state index contributed by atoms with van der Waals surface area (Å²) in [6.45, 7) is 4.62. The molecule has 0 spiro atoms. The lowest BCUT2D eigenvalue weighted by atomic mass is 10.1. The number of hydrogen-bond donors (Lipinski definition) is 1. The summed E-state index contributed by atoms with van der Waals surface area (Å²) in [5.41, 5.74) is 1.87. The number of hydrogen-bond acceptors (Lipinski definition) is 6.